The summed E-state index contributed by atoms with van der Waals surface area (Å²) in [7, 11) is 2.16. The topological polar surface area (TPSA) is 34.0 Å². The van der Waals surface area contributed by atoms with Crippen molar-refractivity contribution in [3.8, 4) is 0 Å². The van der Waals surface area contributed by atoms with E-state index in [1.54, 1.807) is 0 Å². The molecular weight excluding hydrogens is 260 g/mol. The van der Waals surface area contributed by atoms with Crippen molar-refractivity contribution < 1.29 is 0 Å². The quantitative estimate of drug-likeness (QED) is 0.818. The number of nitrogens with zero attached hydrogens (tertiary/aromatic N) is 4. The Balaban J connectivity index is 2.00. The highest BCUT2D eigenvalue weighted by Gasteiger charge is 2.13. The van der Waals surface area contributed by atoms with Gasteiger partial charge in [-0.3, -0.25) is 9.88 Å². The molecule has 4 heteroatoms. The van der Waals surface area contributed by atoms with E-state index in [-0.39, 0.29) is 0 Å². The van der Waals surface area contributed by atoms with Crippen LogP contribution in [0.1, 0.15) is 36.6 Å². The van der Waals surface area contributed by atoms with Crippen molar-refractivity contribution in [1.82, 2.24) is 19.4 Å². The number of aryl methyl sites for hydroxylation is 3. The van der Waals surface area contributed by atoms with Gasteiger partial charge in [-0.1, -0.05) is 6.92 Å². The van der Waals surface area contributed by atoms with E-state index in [0.29, 0.717) is 6.04 Å². The molecule has 0 saturated heterocycles. The van der Waals surface area contributed by atoms with E-state index in [1.807, 2.05) is 6.20 Å². The van der Waals surface area contributed by atoms with Crippen LogP contribution < -0.4 is 0 Å². The van der Waals surface area contributed by atoms with Gasteiger partial charge in [0.15, 0.2) is 0 Å². The Morgan fingerprint density at radius 3 is 2.71 bits per heavy atom. The van der Waals surface area contributed by atoms with E-state index >= 15 is 0 Å². The second kappa shape index (κ2) is 6.85. The fraction of sp³-hybridized carbons (Fsp3) is 0.529. The molecule has 0 aliphatic carbocycles. The molecule has 2 heterocycles. The molecule has 114 valence electrons. The average Bonchev–Trinajstić information content (AvgIpc) is 2.84. The lowest BCUT2D eigenvalue weighted by molar-refractivity contribution is 0.223. The number of rotatable bonds is 6. The average molecular weight is 286 g/mol. The molecule has 21 heavy (non-hydrogen) atoms. The number of hydrogen-bond acceptors (Lipinski definition) is 3. The van der Waals surface area contributed by atoms with E-state index in [0.717, 1.165) is 36.7 Å². The van der Waals surface area contributed by atoms with Gasteiger partial charge in [-0.25, -0.2) is 4.98 Å². The highest BCUT2D eigenvalue weighted by Crippen LogP contribution is 2.10. The largest absolute Gasteiger partial charge is 0.333 e. The van der Waals surface area contributed by atoms with Crippen molar-refractivity contribution in [3.63, 3.8) is 0 Å². The monoisotopic (exact) mass is 286 g/mol. The predicted octanol–water partition coefficient (Wildman–Crippen LogP) is 2.98. The van der Waals surface area contributed by atoms with Gasteiger partial charge in [0.1, 0.15) is 5.82 Å². The standard InChI is InChI=1S/C17H26N4/c1-6-17-18-7-8-21(17)11-15(4)20(5)12-16-10-13(2)9-14(3)19-16/h7-10,15H,6,11-12H2,1-5H3/t15-/m0/s1. The third-order valence-corrected chi connectivity index (χ3v) is 3.89. The molecule has 0 aliphatic heterocycles. The van der Waals surface area contributed by atoms with Crippen molar-refractivity contribution in [2.24, 2.45) is 0 Å². The van der Waals surface area contributed by atoms with Crippen molar-refractivity contribution in [2.45, 2.75) is 53.2 Å². The van der Waals surface area contributed by atoms with Crippen LogP contribution in [0.2, 0.25) is 0 Å². The SMILES string of the molecule is CCc1nccn1C[C@H](C)N(C)Cc1cc(C)cc(C)n1. The Bertz CT molecular complexity index is 568. The van der Waals surface area contributed by atoms with E-state index in [2.05, 4.69) is 72.5 Å². The van der Waals surface area contributed by atoms with Gasteiger partial charge >= 0.3 is 0 Å². The van der Waals surface area contributed by atoms with Crippen LogP contribution in [0, 0.1) is 13.8 Å². The molecule has 0 unspecified atom stereocenters. The summed E-state index contributed by atoms with van der Waals surface area (Å²) in [4.78, 5) is 11.4. The Labute approximate surface area is 127 Å². The number of aromatic nitrogens is 3. The van der Waals surface area contributed by atoms with Crippen LogP contribution in [0.3, 0.4) is 0 Å². The fourth-order valence-electron chi connectivity index (χ4n) is 2.66. The van der Waals surface area contributed by atoms with E-state index in [4.69, 9.17) is 0 Å². The molecule has 2 aromatic heterocycles. The summed E-state index contributed by atoms with van der Waals surface area (Å²) in [6.07, 6.45) is 4.93. The fourth-order valence-corrected chi connectivity index (χ4v) is 2.66. The molecule has 0 amide bonds. The minimum Gasteiger partial charge on any atom is -0.333 e. The van der Waals surface area contributed by atoms with Crippen LogP contribution >= 0.6 is 0 Å². The second-order valence-corrected chi connectivity index (χ2v) is 5.89. The number of imidazole rings is 1. The lowest BCUT2D eigenvalue weighted by Crippen LogP contribution is -2.33. The number of pyridine rings is 1. The summed E-state index contributed by atoms with van der Waals surface area (Å²) in [6.45, 7) is 10.4. The highest BCUT2D eigenvalue weighted by atomic mass is 15.2. The summed E-state index contributed by atoms with van der Waals surface area (Å²) in [6, 6.07) is 4.73. The zero-order valence-corrected chi connectivity index (χ0v) is 13.8. The van der Waals surface area contributed by atoms with Gasteiger partial charge in [0, 0.05) is 43.6 Å². The summed E-state index contributed by atoms with van der Waals surface area (Å²) in [5.74, 6) is 1.15. The van der Waals surface area contributed by atoms with Crippen LogP contribution in [0.4, 0.5) is 0 Å². The Morgan fingerprint density at radius 1 is 1.29 bits per heavy atom. The molecule has 0 radical (unpaired) electrons. The Morgan fingerprint density at radius 2 is 2.05 bits per heavy atom. The molecule has 2 rings (SSSR count). The van der Waals surface area contributed by atoms with Gasteiger partial charge in [0.05, 0.1) is 5.69 Å². The van der Waals surface area contributed by atoms with Crippen LogP contribution in [0.25, 0.3) is 0 Å². The van der Waals surface area contributed by atoms with Crippen LogP contribution in [0.15, 0.2) is 24.5 Å². The minimum atomic E-state index is 0.437. The van der Waals surface area contributed by atoms with Crippen molar-refractivity contribution >= 4 is 0 Å². The van der Waals surface area contributed by atoms with E-state index < -0.39 is 0 Å². The van der Waals surface area contributed by atoms with Crippen molar-refractivity contribution in [2.75, 3.05) is 7.05 Å². The second-order valence-electron chi connectivity index (χ2n) is 5.89. The first-order chi connectivity index (χ1) is 9.99. The van der Waals surface area contributed by atoms with Gasteiger partial charge in [0.25, 0.3) is 0 Å². The Hall–Kier alpha value is -1.68. The van der Waals surface area contributed by atoms with E-state index in [9.17, 15) is 0 Å². The molecule has 1 atom stereocenters. The molecule has 0 spiro atoms. The summed E-state index contributed by atoms with van der Waals surface area (Å²) >= 11 is 0. The lowest BCUT2D eigenvalue weighted by Gasteiger charge is -2.25. The maximum atomic E-state index is 4.63. The molecule has 0 bridgehead atoms. The van der Waals surface area contributed by atoms with Gasteiger partial charge < -0.3 is 4.57 Å². The molecule has 0 N–H and O–H groups in total. The first kappa shape index (κ1) is 15.7. The van der Waals surface area contributed by atoms with E-state index in [1.165, 1.54) is 5.56 Å². The zero-order chi connectivity index (χ0) is 15.4. The third-order valence-electron chi connectivity index (χ3n) is 3.89. The number of likely N-dealkylation sites (N-methyl/N-ethyl adjacent to an activating group) is 1. The van der Waals surface area contributed by atoms with Crippen molar-refractivity contribution in [1.29, 1.82) is 0 Å². The summed E-state index contributed by atoms with van der Waals surface area (Å²) in [5, 5.41) is 0. The van der Waals surface area contributed by atoms with Gasteiger partial charge in [-0.2, -0.15) is 0 Å². The van der Waals surface area contributed by atoms with Gasteiger partial charge in [0.2, 0.25) is 0 Å². The summed E-state index contributed by atoms with van der Waals surface area (Å²) in [5.41, 5.74) is 3.51. The molecule has 2 aromatic rings. The molecule has 4 nitrogen and oxygen atoms in total. The summed E-state index contributed by atoms with van der Waals surface area (Å²) < 4.78 is 2.25. The predicted molar refractivity (Wildman–Crippen MR) is 86.2 cm³/mol. The lowest BCUT2D eigenvalue weighted by atomic mass is 10.2. The molecule has 0 aliphatic rings. The van der Waals surface area contributed by atoms with Crippen LogP contribution in [-0.4, -0.2) is 32.5 Å². The smallest absolute Gasteiger partial charge is 0.108 e. The first-order valence-electron chi connectivity index (χ1n) is 7.64. The van der Waals surface area contributed by atoms with Crippen LogP contribution in [0.5, 0.6) is 0 Å². The van der Waals surface area contributed by atoms with Crippen LogP contribution in [-0.2, 0) is 19.5 Å². The van der Waals surface area contributed by atoms with Gasteiger partial charge in [-0.05, 0) is 45.5 Å². The molecular formula is C17H26N4. The Kier molecular flexibility index (Phi) is 5.12. The minimum absolute atomic E-state index is 0.437. The molecule has 0 fully saturated rings. The highest BCUT2D eigenvalue weighted by molar-refractivity contribution is 5.19. The normalized spacial score (nSPS) is 12.9. The first-order valence-corrected chi connectivity index (χ1v) is 7.64. The zero-order valence-electron chi connectivity index (χ0n) is 13.8. The van der Waals surface area contributed by atoms with Crippen molar-refractivity contribution in [3.05, 3.63) is 47.3 Å². The maximum Gasteiger partial charge on any atom is 0.108 e. The molecule has 0 saturated carbocycles. The molecule has 0 aromatic carbocycles. The van der Waals surface area contributed by atoms with Gasteiger partial charge in [-0.15, -0.1) is 0 Å². The number of hydrogen-bond donors (Lipinski definition) is 0. The third kappa shape index (κ3) is 4.14. The maximum absolute atomic E-state index is 4.63.